The van der Waals surface area contributed by atoms with E-state index < -0.39 is 37.2 Å². The van der Waals surface area contributed by atoms with Gasteiger partial charge in [-0.25, -0.2) is 0 Å². The van der Waals surface area contributed by atoms with E-state index >= 15 is 0 Å². The maximum Gasteiger partial charge on any atom is 0.119 e. The van der Waals surface area contributed by atoms with Crippen LogP contribution in [0.5, 0.6) is 5.75 Å². The minimum Gasteiger partial charge on any atom is -0.497 e. The van der Waals surface area contributed by atoms with Gasteiger partial charge in [0, 0.05) is 16.9 Å². The van der Waals surface area contributed by atoms with E-state index in [0.29, 0.717) is 30.4 Å². The number of likely N-dealkylation sites (N-methyl/N-ethyl adjacent to an activating group) is 1. The number of fused-ring (bicyclic) bond motifs is 1. The summed E-state index contributed by atoms with van der Waals surface area (Å²) in [6.07, 6.45) is 3.34. The predicted octanol–water partition coefficient (Wildman–Crippen LogP) is 3.38. The number of ether oxygens (including phenoxy) is 1. The molecule has 20 heavy (non-hydrogen) atoms. The summed E-state index contributed by atoms with van der Waals surface area (Å²) in [7, 11) is -2.85. The molecule has 2 heteroatoms. The lowest BCUT2D eigenvalue weighted by atomic mass is 9.52. The second kappa shape index (κ2) is 4.49. The third-order valence-electron chi connectivity index (χ3n) is 5.39. The predicted molar refractivity (Wildman–Crippen MR) is 81.4 cm³/mol. The first-order chi connectivity index (χ1) is 13.7. The number of likely N-dealkylation sites (tertiary alicyclic amines) is 1. The van der Waals surface area contributed by atoms with Crippen LogP contribution in [0.25, 0.3) is 0 Å². The van der Waals surface area contributed by atoms with Crippen molar-refractivity contribution in [3.8, 4) is 5.75 Å². The average Bonchev–Trinajstić information content (AvgIpc) is 2.61. The number of hydrogen-bond donors (Lipinski definition) is 0. The van der Waals surface area contributed by atoms with Gasteiger partial charge in [-0.05, 0) is 68.3 Å². The van der Waals surface area contributed by atoms with Crippen LogP contribution < -0.4 is 4.74 Å². The molecule has 1 aliphatic heterocycles. The first-order valence-corrected chi connectivity index (χ1v) is 7.32. The summed E-state index contributed by atoms with van der Waals surface area (Å²) < 4.78 is 85.9. The molecule has 0 radical (unpaired) electrons. The van der Waals surface area contributed by atoms with Crippen molar-refractivity contribution in [2.45, 2.75) is 50.0 Å². The molecule has 0 aromatic heterocycles. The molecule has 1 aromatic carbocycles. The maximum atomic E-state index is 9.29. The zero-order valence-electron chi connectivity index (χ0n) is 21.4. The SMILES string of the molecule is [2H]c1c([2H])c(OC([2H])([2H])[2H])c([2H])c2c1C[C@@]1([2H])C3CCCC[C@@]23CCN1C([2H])([2H])[2H]. The average molecular weight is 281 g/mol. The number of nitrogens with zero attached hydrogens (tertiary/aromatic N) is 1. The highest BCUT2D eigenvalue weighted by Gasteiger charge is 2.53. The van der Waals surface area contributed by atoms with Crippen molar-refractivity contribution in [1.82, 2.24) is 4.90 Å². The molecule has 0 N–H and O–H groups in total. The molecule has 1 saturated heterocycles. The summed E-state index contributed by atoms with van der Waals surface area (Å²) in [5.41, 5.74) is 0.147. The van der Waals surface area contributed by atoms with Crippen LogP contribution in [0.1, 0.15) is 56.9 Å². The van der Waals surface area contributed by atoms with Gasteiger partial charge in [-0.15, -0.1) is 0 Å². The van der Waals surface area contributed by atoms with Crippen molar-refractivity contribution < 1.29 is 18.4 Å². The molecule has 1 aromatic rings. The van der Waals surface area contributed by atoms with Crippen LogP contribution in [0.2, 0.25) is 0 Å². The van der Waals surface area contributed by atoms with Gasteiger partial charge in [0.15, 0.2) is 0 Å². The second-order valence-electron chi connectivity index (χ2n) is 6.18. The number of piperidine rings is 1. The van der Waals surface area contributed by atoms with Crippen molar-refractivity contribution in [2.75, 3.05) is 20.6 Å². The molecular weight excluding hydrogens is 246 g/mol. The van der Waals surface area contributed by atoms with Crippen molar-refractivity contribution in [3.63, 3.8) is 0 Å². The van der Waals surface area contributed by atoms with Gasteiger partial charge in [0.25, 0.3) is 0 Å². The Morgan fingerprint density at radius 2 is 2.45 bits per heavy atom. The third kappa shape index (κ3) is 1.60. The Labute approximate surface area is 136 Å². The van der Waals surface area contributed by atoms with Gasteiger partial charge in [-0.2, -0.15) is 0 Å². The largest absolute Gasteiger partial charge is 0.497 e. The molecule has 0 amide bonds. The van der Waals surface area contributed by atoms with Gasteiger partial charge in [-0.3, -0.25) is 0 Å². The Morgan fingerprint density at radius 1 is 1.45 bits per heavy atom. The van der Waals surface area contributed by atoms with Crippen LogP contribution in [0, 0.1) is 5.92 Å². The molecule has 3 atom stereocenters. The fraction of sp³-hybridized carbons (Fsp3) is 0.667. The first-order valence-electron chi connectivity index (χ1n) is 12.3. The Morgan fingerprint density at radius 3 is 3.35 bits per heavy atom. The number of methoxy groups -OCH3 is 1. The summed E-state index contributed by atoms with van der Waals surface area (Å²) in [6, 6.07) is -2.42. The Balaban J connectivity index is 1.99. The van der Waals surface area contributed by atoms with E-state index in [1.165, 1.54) is 4.90 Å². The molecule has 1 unspecified atom stereocenters. The summed E-state index contributed by atoms with van der Waals surface area (Å²) in [4.78, 5) is 1.25. The maximum absolute atomic E-state index is 9.29. The molecular formula is C18H25NO. The Bertz CT molecular complexity index is 881. The van der Waals surface area contributed by atoms with E-state index in [1.54, 1.807) is 0 Å². The van der Waals surface area contributed by atoms with Crippen LogP contribution in [0.15, 0.2) is 18.1 Å². The van der Waals surface area contributed by atoms with E-state index in [1.807, 2.05) is 0 Å². The van der Waals surface area contributed by atoms with Crippen molar-refractivity contribution >= 4 is 0 Å². The van der Waals surface area contributed by atoms with Crippen LogP contribution in [-0.4, -0.2) is 31.5 Å². The molecule has 3 aliphatic rings. The van der Waals surface area contributed by atoms with Crippen LogP contribution in [0.4, 0.5) is 0 Å². The smallest absolute Gasteiger partial charge is 0.119 e. The fourth-order valence-electron chi connectivity index (χ4n) is 4.51. The van der Waals surface area contributed by atoms with Crippen LogP contribution in [-0.2, 0) is 11.8 Å². The van der Waals surface area contributed by atoms with Crippen molar-refractivity contribution in [2.24, 2.45) is 5.92 Å². The molecule has 2 fully saturated rings. The molecule has 1 heterocycles. The molecule has 2 aliphatic carbocycles. The highest BCUT2D eigenvalue weighted by atomic mass is 16.5. The van der Waals surface area contributed by atoms with Gasteiger partial charge in [0.05, 0.1) is 15.3 Å². The van der Waals surface area contributed by atoms with E-state index in [2.05, 4.69) is 0 Å². The van der Waals surface area contributed by atoms with Crippen LogP contribution in [0.3, 0.4) is 0 Å². The van der Waals surface area contributed by atoms with Crippen molar-refractivity contribution in [1.29, 1.82) is 0 Å². The normalized spacial score (nSPS) is 48.3. The summed E-state index contributed by atoms with van der Waals surface area (Å²) in [5, 5.41) is 0. The summed E-state index contributed by atoms with van der Waals surface area (Å²) in [5.74, 6) is -0.769. The van der Waals surface area contributed by atoms with Gasteiger partial charge in [0.2, 0.25) is 0 Å². The molecule has 2 bridgehead atoms. The molecule has 0 spiro atoms. The monoisotopic (exact) mass is 281 g/mol. The zero-order chi connectivity index (χ0) is 22.3. The number of hydrogen-bond acceptors (Lipinski definition) is 2. The van der Waals surface area contributed by atoms with E-state index in [-0.39, 0.29) is 31.0 Å². The van der Waals surface area contributed by atoms with Crippen molar-refractivity contribution in [3.05, 3.63) is 29.3 Å². The van der Waals surface area contributed by atoms with Gasteiger partial charge in [-0.1, -0.05) is 18.9 Å². The standard InChI is InChI=1S/C18H25NO/c1-19-10-9-18-8-4-3-5-15(18)17(19)11-13-6-7-14(20-2)12-16(13)18/h6-7,12,15,17H,3-5,8-11H2,1-2H3/t15?,17-,18-/m0/s1/i1D3,2D3,6D,7D,12D,17D. The molecule has 1 saturated carbocycles. The minimum absolute atomic E-state index is 0.0716. The quantitative estimate of drug-likeness (QED) is 0.782. The molecule has 4 rings (SSSR count). The Kier molecular flexibility index (Phi) is 1.35. The lowest BCUT2D eigenvalue weighted by Crippen LogP contribution is -2.59. The molecule has 108 valence electrons. The van der Waals surface area contributed by atoms with Gasteiger partial charge < -0.3 is 9.64 Å². The molecule has 2 nitrogen and oxygen atoms in total. The van der Waals surface area contributed by atoms with Crippen LogP contribution >= 0.6 is 0 Å². The third-order valence-corrected chi connectivity index (χ3v) is 5.39. The topological polar surface area (TPSA) is 12.5 Å². The second-order valence-corrected chi connectivity index (χ2v) is 6.18. The van der Waals surface area contributed by atoms with E-state index in [0.717, 1.165) is 12.8 Å². The number of rotatable bonds is 1. The van der Waals surface area contributed by atoms with Gasteiger partial charge >= 0.3 is 0 Å². The highest BCUT2D eigenvalue weighted by molar-refractivity contribution is 5.45. The minimum atomic E-state index is -2.85. The zero-order valence-corrected chi connectivity index (χ0v) is 11.4. The summed E-state index contributed by atoms with van der Waals surface area (Å²) >= 11 is 0. The van der Waals surface area contributed by atoms with E-state index in [4.69, 9.17) is 17.1 Å². The fourth-order valence-corrected chi connectivity index (χ4v) is 4.51. The van der Waals surface area contributed by atoms with Gasteiger partial charge in [0.1, 0.15) is 5.75 Å². The first kappa shape index (κ1) is 6.00. The Hall–Kier alpha value is -1.02. The number of benzene rings is 1. The lowest BCUT2D eigenvalue weighted by molar-refractivity contribution is 0.00274. The highest BCUT2D eigenvalue weighted by Crippen LogP contribution is 2.55. The van der Waals surface area contributed by atoms with E-state index in [9.17, 15) is 1.37 Å². The lowest BCUT2D eigenvalue weighted by Gasteiger charge is -2.58. The summed E-state index contributed by atoms with van der Waals surface area (Å²) in [6.45, 7) is -2.29.